The van der Waals surface area contributed by atoms with Gasteiger partial charge in [-0.3, -0.25) is 14.9 Å². The van der Waals surface area contributed by atoms with E-state index in [2.05, 4.69) is 15.9 Å². The van der Waals surface area contributed by atoms with Gasteiger partial charge in [-0.25, -0.2) is 0 Å². The number of Topliss-reactive ketones (excluding diaryl/α,β-unsaturated/α-hetero) is 1. The summed E-state index contributed by atoms with van der Waals surface area (Å²) in [7, 11) is 0. The predicted octanol–water partition coefficient (Wildman–Crippen LogP) is 3.27. The van der Waals surface area contributed by atoms with Crippen LogP contribution in [0.2, 0.25) is 5.02 Å². The number of benzene rings is 1. The maximum atomic E-state index is 11.1. The number of non-ortho nitro benzene ring substituents is 1. The molecule has 0 aliphatic carbocycles. The second kappa shape index (κ2) is 4.72. The van der Waals surface area contributed by atoms with Gasteiger partial charge in [0.15, 0.2) is 0 Å². The highest BCUT2D eigenvalue weighted by atomic mass is 79.9. The van der Waals surface area contributed by atoms with Crippen molar-refractivity contribution in [2.45, 2.75) is 11.8 Å². The van der Waals surface area contributed by atoms with Crippen LogP contribution in [0.5, 0.6) is 0 Å². The fourth-order valence-corrected chi connectivity index (χ4v) is 1.58. The van der Waals surface area contributed by atoms with Crippen molar-refractivity contribution in [3.8, 4) is 0 Å². The second-order valence-electron chi connectivity index (χ2n) is 2.97. The Morgan fingerprint density at radius 2 is 2.13 bits per heavy atom. The Hall–Kier alpha value is -0.940. The van der Waals surface area contributed by atoms with Crippen molar-refractivity contribution >= 4 is 39.0 Å². The maximum Gasteiger partial charge on any atom is 0.271 e. The van der Waals surface area contributed by atoms with E-state index in [4.69, 9.17) is 11.6 Å². The summed E-state index contributed by atoms with van der Waals surface area (Å²) in [5.41, 5.74) is 0.366. The lowest BCUT2D eigenvalue weighted by atomic mass is 10.1. The van der Waals surface area contributed by atoms with Crippen LogP contribution in [-0.2, 0) is 4.79 Å². The second-order valence-corrected chi connectivity index (χ2v) is 4.33. The van der Waals surface area contributed by atoms with Gasteiger partial charge in [0.2, 0.25) is 0 Å². The molecule has 1 unspecified atom stereocenters. The van der Waals surface area contributed by atoms with Crippen LogP contribution in [0, 0.1) is 10.1 Å². The third-order valence-corrected chi connectivity index (χ3v) is 3.16. The van der Waals surface area contributed by atoms with E-state index in [1.165, 1.54) is 25.1 Å². The summed E-state index contributed by atoms with van der Waals surface area (Å²) in [5.74, 6) is -0.133. The maximum absolute atomic E-state index is 11.1. The third-order valence-electron chi connectivity index (χ3n) is 1.77. The topological polar surface area (TPSA) is 60.2 Å². The van der Waals surface area contributed by atoms with Gasteiger partial charge >= 0.3 is 0 Å². The zero-order valence-electron chi connectivity index (χ0n) is 7.74. The number of nitro benzene ring substituents is 1. The molecular formula is C9H7BrClNO3. The minimum atomic E-state index is -0.560. The largest absolute Gasteiger partial charge is 0.298 e. The molecule has 0 fully saturated rings. The van der Waals surface area contributed by atoms with E-state index in [0.29, 0.717) is 5.56 Å². The lowest BCUT2D eigenvalue weighted by Crippen LogP contribution is -2.01. The first kappa shape index (κ1) is 12.1. The fraction of sp³-hybridized carbons (Fsp3) is 0.222. The Morgan fingerprint density at radius 1 is 1.53 bits per heavy atom. The number of carbonyl (C=O) groups is 1. The van der Waals surface area contributed by atoms with E-state index in [9.17, 15) is 14.9 Å². The van der Waals surface area contributed by atoms with Crippen molar-refractivity contribution < 1.29 is 9.72 Å². The summed E-state index contributed by atoms with van der Waals surface area (Å²) in [4.78, 5) is 20.5. The summed E-state index contributed by atoms with van der Waals surface area (Å²) in [6.07, 6.45) is 0. The normalized spacial score (nSPS) is 12.2. The van der Waals surface area contributed by atoms with E-state index >= 15 is 0 Å². The lowest BCUT2D eigenvalue weighted by molar-refractivity contribution is -0.384. The van der Waals surface area contributed by atoms with E-state index in [0.717, 1.165) is 0 Å². The summed E-state index contributed by atoms with van der Waals surface area (Å²) < 4.78 is 0. The van der Waals surface area contributed by atoms with Crippen molar-refractivity contribution in [3.63, 3.8) is 0 Å². The van der Waals surface area contributed by atoms with Crippen LogP contribution in [-0.4, -0.2) is 10.7 Å². The molecule has 15 heavy (non-hydrogen) atoms. The Morgan fingerprint density at radius 3 is 2.60 bits per heavy atom. The van der Waals surface area contributed by atoms with Crippen molar-refractivity contribution in [2.75, 3.05) is 0 Å². The van der Waals surface area contributed by atoms with Gasteiger partial charge in [-0.05, 0) is 18.6 Å². The van der Waals surface area contributed by atoms with Crippen molar-refractivity contribution in [3.05, 3.63) is 38.9 Å². The number of halogens is 2. The molecule has 1 atom stereocenters. The summed E-state index contributed by atoms with van der Waals surface area (Å²) in [6, 6.07) is 4.09. The molecular weight excluding hydrogens is 285 g/mol. The fourth-order valence-electron chi connectivity index (χ4n) is 1.08. The molecule has 0 spiro atoms. The Kier molecular flexibility index (Phi) is 3.82. The van der Waals surface area contributed by atoms with Crippen LogP contribution in [0.4, 0.5) is 5.69 Å². The van der Waals surface area contributed by atoms with Crippen LogP contribution in [0.15, 0.2) is 18.2 Å². The van der Waals surface area contributed by atoms with Crippen LogP contribution >= 0.6 is 27.5 Å². The number of carbonyl (C=O) groups excluding carboxylic acids is 1. The van der Waals surface area contributed by atoms with Crippen molar-refractivity contribution in [1.29, 1.82) is 0 Å². The van der Waals surface area contributed by atoms with Gasteiger partial charge in [0.25, 0.3) is 5.69 Å². The molecule has 1 rings (SSSR count). The molecule has 80 valence electrons. The lowest BCUT2D eigenvalue weighted by Gasteiger charge is -2.06. The van der Waals surface area contributed by atoms with Crippen LogP contribution in [0.1, 0.15) is 17.3 Å². The molecule has 0 amide bonds. The number of hydrogen-bond donors (Lipinski definition) is 0. The molecule has 0 saturated carbocycles. The molecule has 4 nitrogen and oxygen atoms in total. The quantitative estimate of drug-likeness (QED) is 0.488. The molecule has 0 heterocycles. The monoisotopic (exact) mass is 291 g/mol. The van der Waals surface area contributed by atoms with Gasteiger partial charge in [-0.2, -0.15) is 0 Å². The van der Waals surface area contributed by atoms with Crippen LogP contribution in [0.3, 0.4) is 0 Å². The Balaban J connectivity index is 3.20. The molecule has 0 N–H and O–H groups in total. The van der Waals surface area contributed by atoms with E-state index in [1.807, 2.05) is 0 Å². The molecule has 0 aromatic heterocycles. The molecule has 0 saturated heterocycles. The van der Waals surface area contributed by atoms with Gasteiger partial charge < -0.3 is 0 Å². The van der Waals surface area contributed by atoms with Gasteiger partial charge in [0, 0.05) is 17.2 Å². The highest BCUT2D eigenvalue weighted by Crippen LogP contribution is 2.29. The molecule has 0 aliphatic rings. The summed E-state index contributed by atoms with van der Waals surface area (Å²) >= 11 is 8.84. The third kappa shape index (κ3) is 3.00. The number of ketones is 1. The van der Waals surface area contributed by atoms with Gasteiger partial charge in [0.1, 0.15) is 5.78 Å². The SMILES string of the molecule is CC(=O)C(Br)c1cc(Cl)cc([N+](=O)[O-])c1. The average molecular weight is 293 g/mol. The highest BCUT2D eigenvalue weighted by molar-refractivity contribution is 9.09. The van der Waals surface area contributed by atoms with Gasteiger partial charge in [-0.15, -0.1) is 0 Å². The van der Waals surface area contributed by atoms with E-state index in [1.54, 1.807) is 0 Å². The minimum Gasteiger partial charge on any atom is -0.298 e. The summed E-state index contributed by atoms with van der Waals surface area (Å²) in [5, 5.41) is 10.8. The van der Waals surface area contributed by atoms with Crippen LogP contribution in [0.25, 0.3) is 0 Å². The molecule has 0 aliphatic heterocycles. The first-order valence-electron chi connectivity index (χ1n) is 4.01. The van der Waals surface area contributed by atoms with E-state index in [-0.39, 0.29) is 16.5 Å². The smallest absolute Gasteiger partial charge is 0.271 e. The zero-order valence-corrected chi connectivity index (χ0v) is 10.1. The number of rotatable bonds is 3. The molecule has 0 bridgehead atoms. The number of nitrogens with zero attached hydrogens (tertiary/aromatic N) is 1. The zero-order chi connectivity index (χ0) is 11.6. The molecule has 6 heteroatoms. The average Bonchev–Trinajstić information content (AvgIpc) is 2.15. The summed E-state index contributed by atoms with van der Waals surface area (Å²) in [6.45, 7) is 1.39. The van der Waals surface area contributed by atoms with E-state index < -0.39 is 9.75 Å². The van der Waals surface area contributed by atoms with Gasteiger partial charge in [-0.1, -0.05) is 27.5 Å². The molecule has 0 radical (unpaired) electrons. The van der Waals surface area contributed by atoms with Crippen molar-refractivity contribution in [1.82, 2.24) is 0 Å². The first-order chi connectivity index (χ1) is 6.91. The first-order valence-corrected chi connectivity index (χ1v) is 5.30. The number of alkyl halides is 1. The molecule has 1 aromatic carbocycles. The van der Waals surface area contributed by atoms with Crippen LogP contribution < -0.4 is 0 Å². The standard InChI is InChI=1S/C9H7BrClNO3/c1-5(13)9(10)6-2-7(11)4-8(3-6)12(14)15/h2-4,9H,1H3. The minimum absolute atomic E-state index is 0.122. The molecule has 1 aromatic rings. The Labute approximate surface area is 99.5 Å². The number of nitro groups is 1. The van der Waals surface area contributed by atoms with Crippen molar-refractivity contribution in [2.24, 2.45) is 0 Å². The Bertz CT molecular complexity index is 422. The highest BCUT2D eigenvalue weighted by Gasteiger charge is 2.17. The number of hydrogen-bond acceptors (Lipinski definition) is 3. The van der Waals surface area contributed by atoms with Gasteiger partial charge in [0.05, 0.1) is 9.75 Å². The predicted molar refractivity (Wildman–Crippen MR) is 60.5 cm³/mol.